The number of rotatable bonds is 7. The fourth-order valence-corrected chi connectivity index (χ4v) is 4.66. The predicted molar refractivity (Wildman–Crippen MR) is 132 cm³/mol. The van der Waals surface area contributed by atoms with Crippen molar-refractivity contribution in [2.75, 3.05) is 7.11 Å². The molecule has 0 aliphatic carbocycles. The molecular formula is C25H19Cl2NO4S. The average molecular weight is 500 g/mol. The van der Waals surface area contributed by atoms with Gasteiger partial charge in [-0.3, -0.25) is 14.5 Å². The molecule has 1 heterocycles. The summed E-state index contributed by atoms with van der Waals surface area (Å²) in [6.07, 6.45) is 1.64. The van der Waals surface area contributed by atoms with E-state index >= 15 is 0 Å². The molecule has 1 aliphatic rings. The molecule has 0 saturated carbocycles. The van der Waals surface area contributed by atoms with Crippen molar-refractivity contribution < 1.29 is 19.1 Å². The second-order valence-corrected chi connectivity index (χ2v) is 8.93. The summed E-state index contributed by atoms with van der Waals surface area (Å²) in [6.45, 7) is 0.324. The van der Waals surface area contributed by atoms with Gasteiger partial charge in [-0.1, -0.05) is 71.7 Å². The third-order valence-electron chi connectivity index (χ3n) is 4.99. The van der Waals surface area contributed by atoms with Crippen molar-refractivity contribution in [3.8, 4) is 11.5 Å². The summed E-state index contributed by atoms with van der Waals surface area (Å²) in [5.74, 6) is 0.601. The Balaban J connectivity index is 1.61. The normalized spacial score (nSPS) is 14.8. The maximum atomic E-state index is 13.1. The Morgan fingerprint density at radius 2 is 1.64 bits per heavy atom. The number of carbonyl (C=O) groups excluding carboxylic acids is 2. The van der Waals surface area contributed by atoms with Gasteiger partial charge < -0.3 is 9.47 Å². The molecule has 3 aromatic rings. The van der Waals surface area contributed by atoms with Crippen LogP contribution in [0.15, 0.2) is 71.6 Å². The first-order chi connectivity index (χ1) is 16.0. The number of hydrogen-bond donors (Lipinski definition) is 0. The summed E-state index contributed by atoms with van der Waals surface area (Å²) in [6, 6.07) is 20.2. The second kappa shape index (κ2) is 10.3. The monoisotopic (exact) mass is 499 g/mol. The fraction of sp³-hybridized carbons (Fsp3) is 0.120. The quantitative estimate of drug-likeness (QED) is 0.334. The van der Waals surface area contributed by atoms with Crippen LogP contribution in [0.2, 0.25) is 10.0 Å². The van der Waals surface area contributed by atoms with Crippen LogP contribution < -0.4 is 9.47 Å². The van der Waals surface area contributed by atoms with Crippen molar-refractivity contribution in [1.82, 2.24) is 4.90 Å². The molecule has 4 rings (SSSR count). The van der Waals surface area contributed by atoms with Crippen LogP contribution in [0.4, 0.5) is 4.79 Å². The van der Waals surface area contributed by atoms with Crippen molar-refractivity contribution in [2.45, 2.75) is 13.2 Å². The van der Waals surface area contributed by atoms with E-state index in [1.807, 2.05) is 36.4 Å². The van der Waals surface area contributed by atoms with Crippen LogP contribution in [0, 0.1) is 0 Å². The number of ether oxygens (including phenoxy) is 2. The number of nitrogens with zero attached hydrogens (tertiary/aromatic N) is 1. The molecule has 1 fully saturated rings. The smallest absolute Gasteiger partial charge is 0.293 e. The maximum absolute atomic E-state index is 13.1. The third kappa shape index (κ3) is 5.19. The van der Waals surface area contributed by atoms with Crippen molar-refractivity contribution in [2.24, 2.45) is 0 Å². The van der Waals surface area contributed by atoms with Crippen LogP contribution in [-0.2, 0) is 17.9 Å². The van der Waals surface area contributed by atoms with Crippen molar-refractivity contribution in [1.29, 1.82) is 0 Å². The number of para-hydroxylation sites is 1. The molecule has 5 nitrogen and oxygen atoms in total. The highest BCUT2D eigenvalue weighted by Crippen LogP contribution is 2.39. The Kier molecular flexibility index (Phi) is 7.28. The van der Waals surface area contributed by atoms with E-state index < -0.39 is 11.1 Å². The lowest BCUT2D eigenvalue weighted by molar-refractivity contribution is -0.123. The number of hydrogen-bond acceptors (Lipinski definition) is 5. The molecule has 2 amide bonds. The van der Waals surface area contributed by atoms with E-state index in [4.69, 9.17) is 32.7 Å². The van der Waals surface area contributed by atoms with Gasteiger partial charge >= 0.3 is 0 Å². The van der Waals surface area contributed by atoms with Crippen LogP contribution in [0.3, 0.4) is 0 Å². The van der Waals surface area contributed by atoms with E-state index in [2.05, 4.69) is 0 Å². The largest absolute Gasteiger partial charge is 0.493 e. The van der Waals surface area contributed by atoms with E-state index in [1.165, 1.54) is 0 Å². The number of imide groups is 1. The highest BCUT2D eigenvalue weighted by atomic mass is 35.5. The molecule has 0 N–H and O–H groups in total. The molecule has 8 heteroatoms. The number of benzene rings is 3. The standard InChI is InChI=1S/C25H19Cl2NO4S/c1-31-21-12-5-9-17(23(21)32-15-16-7-3-2-4-8-16)13-22-24(29)28(25(30)33-22)14-18-19(26)10-6-11-20(18)27/h2-13H,14-15H2,1H3/b22-13-. The molecule has 1 aliphatic heterocycles. The summed E-state index contributed by atoms with van der Waals surface area (Å²) in [4.78, 5) is 27.1. The lowest BCUT2D eigenvalue weighted by Crippen LogP contribution is -2.27. The Hall–Kier alpha value is -2.93. The second-order valence-electron chi connectivity index (χ2n) is 7.12. The van der Waals surface area contributed by atoms with E-state index in [-0.39, 0.29) is 11.4 Å². The first-order valence-electron chi connectivity index (χ1n) is 10.00. The molecule has 33 heavy (non-hydrogen) atoms. The molecule has 1 saturated heterocycles. The van der Waals surface area contributed by atoms with E-state index in [0.29, 0.717) is 39.3 Å². The SMILES string of the molecule is COc1cccc(/C=C2\SC(=O)N(Cc3c(Cl)cccc3Cl)C2=O)c1OCc1ccccc1. The molecule has 0 atom stereocenters. The zero-order valence-electron chi connectivity index (χ0n) is 17.6. The van der Waals surface area contributed by atoms with Crippen molar-refractivity contribution in [3.63, 3.8) is 0 Å². The highest BCUT2D eigenvalue weighted by molar-refractivity contribution is 8.18. The number of amides is 2. The molecule has 0 spiro atoms. The van der Waals surface area contributed by atoms with Gasteiger partial charge in [0.25, 0.3) is 11.1 Å². The summed E-state index contributed by atoms with van der Waals surface area (Å²) in [5, 5.41) is 0.404. The molecule has 0 aromatic heterocycles. The Bertz CT molecular complexity index is 1210. The Morgan fingerprint density at radius 3 is 2.33 bits per heavy atom. The first-order valence-corrected chi connectivity index (χ1v) is 11.6. The van der Waals surface area contributed by atoms with Gasteiger partial charge in [0.1, 0.15) is 6.61 Å². The van der Waals surface area contributed by atoms with Gasteiger partial charge in [-0.25, -0.2) is 0 Å². The topological polar surface area (TPSA) is 55.8 Å². The minimum atomic E-state index is -0.419. The zero-order valence-corrected chi connectivity index (χ0v) is 19.9. The maximum Gasteiger partial charge on any atom is 0.293 e. The van der Waals surface area contributed by atoms with Gasteiger partial charge in [-0.05, 0) is 41.6 Å². The van der Waals surface area contributed by atoms with Crippen molar-refractivity contribution in [3.05, 3.63) is 98.4 Å². The third-order valence-corrected chi connectivity index (χ3v) is 6.61. The number of methoxy groups -OCH3 is 1. The van der Waals surface area contributed by atoms with E-state index in [9.17, 15) is 9.59 Å². The molecule has 3 aromatic carbocycles. The average Bonchev–Trinajstić information content (AvgIpc) is 3.08. The lowest BCUT2D eigenvalue weighted by Gasteiger charge is -2.15. The Labute approximate surface area is 205 Å². The van der Waals surface area contributed by atoms with Crippen LogP contribution in [0.25, 0.3) is 6.08 Å². The Morgan fingerprint density at radius 1 is 0.939 bits per heavy atom. The number of thioether (sulfide) groups is 1. The van der Waals surface area contributed by atoms with Gasteiger partial charge in [-0.15, -0.1) is 0 Å². The molecular weight excluding hydrogens is 481 g/mol. The molecule has 0 bridgehead atoms. The summed E-state index contributed by atoms with van der Waals surface area (Å²) in [7, 11) is 1.55. The predicted octanol–water partition coefficient (Wildman–Crippen LogP) is 6.82. The van der Waals surface area contributed by atoms with E-state index in [1.54, 1.807) is 43.5 Å². The summed E-state index contributed by atoms with van der Waals surface area (Å²) in [5.41, 5.74) is 2.15. The summed E-state index contributed by atoms with van der Waals surface area (Å²) < 4.78 is 11.5. The van der Waals surface area contributed by atoms with Crippen molar-refractivity contribution >= 4 is 52.2 Å². The van der Waals surface area contributed by atoms with Gasteiger partial charge in [-0.2, -0.15) is 0 Å². The van der Waals surface area contributed by atoms with Crippen LogP contribution in [0.5, 0.6) is 11.5 Å². The molecule has 168 valence electrons. The van der Waals surface area contributed by atoms with Gasteiger partial charge in [0.05, 0.1) is 18.6 Å². The number of carbonyl (C=O) groups is 2. The highest BCUT2D eigenvalue weighted by Gasteiger charge is 2.36. The van der Waals surface area contributed by atoms with Crippen LogP contribution in [-0.4, -0.2) is 23.2 Å². The zero-order chi connectivity index (χ0) is 23.4. The molecule has 0 radical (unpaired) electrons. The number of halogens is 2. The summed E-state index contributed by atoms with van der Waals surface area (Å²) >= 11 is 13.3. The molecule has 0 unspecified atom stereocenters. The van der Waals surface area contributed by atoms with Crippen LogP contribution >= 0.6 is 35.0 Å². The van der Waals surface area contributed by atoms with Gasteiger partial charge in [0.2, 0.25) is 0 Å². The minimum absolute atomic E-state index is 0.00398. The lowest BCUT2D eigenvalue weighted by atomic mass is 10.1. The fourth-order valence-electron chi connectivity index (χ4n) is 3.31. The van der Waals surface area contributed by atoms with Gasteiger partial charge in [0, 0.05) is 21.2 Å². The van der Waals surface area contributed by atoms with Gasteiger partial charge in [0.15, 0.2) is 11.5 Å². The van der Waals surface area contributed by atoms with Crippen LogP contribution in [0.1, 0.15) is 16.7 Å². The van der Waals surface area contributed by atoms with E-state index in [0.717, 1.165) is 22.2 Å². The first kappa shape index (κ1) is 23.2. The minimum Gasteiger partial charge on any atom is -0.493 e.